The number of aryl methyl sites for hydroxylation is 1. The Hall–Kier alpha value is -0.980. The highest BCUT2D eigenvalue weighted by Gasteiger charge is 2.50. The number of amides is 1. The van der Waals surface area contributed by atoms with E-state index in [2.05, 4.69) is 4.98 Å². The number of hydrogen-bond donors (Lipinski definition) is 0. The number of carbonyl (C=O) groups is 1. The summed E-state index contributed by atoms with van der Waals surface area (Å²) in [5.41, 5.74) is 0.986. The number of ether oxygens (including phenoxy) is 2. The molecule has 4 rings (SSSR count). The number of fused-ring (bicyclic) bond motifs is 1. The van der Waals surface area contributed by atoms with Crippen molar-refractivity contribution in [1.29, 1.82) is 0 Å². The number of thiazole rings is 1. The van der Waals surface area contributed by atoms with E-state index in [4.69, 9.17) is 9.47 Å². The van der Waals surface area contributed by atoms with Gasteiger partial charge in [-0.3, -0.25) is 4.79 Å². The quantitative estimate of drug-likeness (QED) is 0.848. The molecule has 3 fully saturated rings. The first-order chi connectivity index (χ1) is 10.2. The molecular weight excluding hydrogens is 288 g/mol. The number of nitrogens with zero attached hydrogens (tertiary/aromatic N) is 2. The highest BCUT2D eigenvalue weighted by molar-refractivity contribution is 7.09. The largest absolute Gasteiger partial charge is 0.379 e. The van der Waals surface area contributed by atoms with Gasteiger partial charge in [-0.05, 0) is 19.8 Å². The van der Waals surface area contributed by atoms with Crippen LogP contribution in [0.3, 0.4) is 0 Å². The van der Waals surface area contributed by atoms with E-state index in [1.165, 1.54) is 0 Å². The Morgan fingerprint density at radius 3 is 3.10 bits per heavy atom. The van der Waals surface area contributed by atoms with Crippen molar-refractivity contribution in [1.82, 2.24) is 9.88 Å². The Labute approximate surface area is 128 Å². The highest BCUT2D eigenvalue weighted by atomic mass is 32.1. The van der Waals surface area contributed by atoms with Crippen LogP contribution < -0.4 is 0 Å². The molecule has 2 saturated heterocycles. The van der Waals surface area contributed by atoms with E-state index in [9.17, 15) is 4.79 Å². The fourth-order valence-electron chi connectivity index (χ4n) is 3.36. The van der Waals surface area contributed by atoms with Gasteiger partial charge in [0.15, 0.2) is 0 Å². The second-order valence-electron chi connectivity index (χ2n) is 6.24. The maximum atomic E-state index is 12.4. The summed E-state index contributed by atoms with van der Waals surface area (Å²) < 4.78 is 11.7. The molecule has 114 valence electrons. The summed E-state index contributed by atoms with van der Waals surface area (Å²) in [6.45, 7) is 4.63. The van der Waals surface area contributed by atoms with Gasteiger partial charge in [0, 0.05) is 23.8 Å². The monoisotopic (exact) mass is 308 g/mol. The molecule has 0 spiro atoms. The fraction of sp³-hybridized carbons (Fsp3) is 0.733. The lowest BCUT2D eigenvalue weighted by Crippen LogP contribution is -2.39. The second kappa shape index (κ2) is 5.34. The molecule has 2 aliphatic heterocycles. The molecule has 0 unspecified atom stereocenters. The van der Waals surface area contributed by atoms with Gasteiger partial charge in [-0.25, -0.2) is 4.98 Å². The zero-order valence-corrected chi connectivity index (χ0v) is 13.0. The van der Waals surface area contributed by atoms with Gasteiger partial charge in [-0.2, -0.15) is 0 Å². The van der Waals surface area contributed by atoms with Gasteiger partial charge in [0.05, 0.1) is 42.7 Å². The van der Waals surface area contributed by atoms with Crippen molar-refractivity contribution in [2.75, 3.05) is 19.8 Å². The Bertz CT molecular complexity index is 543. The molecule has 1 aromatic heterocycles. The van der Waals surface area contributed by atoms with E-state index >= 15 is 0 Å². The van der Waals surface area contributed by atoms with E-state index in [-0.39, 0.29) is 18.1 Å². The summed E-state index contributed by atoms with van der Waals surface area (Å²) in [5.74, 6) is 0.907. The van der Waals surface area contributed by atoms with Crippen molar-refractivity contribution in [2.24, 2.45) is 11.8 Å². The molecule has 3 heterocycles. The molecule has 1 amide bonds. The van der Waals surface area contributed by atoms with Crippen LogP contribution >= 0.6 is 11.3 Å². The van der Waals surface area contributed by atoms with E-state index in [1.54, 1.807) is 11.3 Å². The standard InChI is InChI=1S/C15H20N2O3S/c1-9-16-11(8-21-9)5-20-14-4-17(15(18)10-2-3-10)13-7-19-6-12(13)14/h8,10,12-14H,2-7H2,1H3/t12-,13+,14+/m0/s1. The lowest BCUT2D eigenvalue weighted by Gasteiger charge is -2.22. The topological polar surface area (TPSA) is 51.7 Å². The summed E-state index contributed by atoms with van der Waals surface area (Å²) >= 11 is 1.64. The maximum absolute atomic E-state index is 12.4. The minimum absolute atomic E-state index is 0.0854. The SMILES string of the molecule is Cc1nc(CO[C@@H]2CN(C(=O)C3CC3)[C@@H]3COC[C@@H]32)cs1. The van der Waals surface area contributed by atoms with Crippen LogP contribution in [-0.4, -0.2) is 47.7 Å². The third-order valence-electron chi connectivity index (χ3n) is 4.67. The van der Waals surface area contributed by atoms with Gasteiger partial charge in [0.1, 0.15) is 0 Å². The van der Waals surface area contributed by atoms with Gasteiger partial charge >= 0.3 is 0 Å². The van der Waals surface area contributed by atoms with Gasteiger partial charge in [0.2, 0.25) is 5.91 Å². The zero-order chi connectivity index (χ0) is 14.4. The Kier molecular flexibility index (Phi) is 3.47. The summed E-state index contributed by atoms with van der Waals surface area (Å²) in [6, 6.07) is 0.222. The number of hydrogen-bond acceptors (Lipinski definition) is 5. The van der Waals surface area contributed by atoms with Gasteiger partial charge < -0.3 is 14.4 Å². The molecule has 3 aliphatic rings. The third-order valence-corrected chi connectivity index (χ3v) is 5.49. The highest BCUT2D eigenvalue weighted by Crippen LogP contribution is 2.38. The molecule has 3 atom stereocenters. The maximum Gasteiger partial charge on any atom is 0.226 e. The smallest absolute Gasteiger partial charge is 0.226 e. The van der Waals surface area contributed by atoms with E-state index < -0.39 is 0 Å². The van der Waals surface area contributed by atoms with Gasteiger partial charge in [-0.1, -0.05) is 0 Å². The molecule has 6 heteroatoms. The summed E-state index contributed by atoms with van der Waals surface area (Å²) in [5, 5.41) is 3.10. The van der Waals surface area contributed by atoms with Crippen LogP contribution in [0.5, 0.6) is 0 Å². The van der Waals surface area contributed by atoms with Crippen molar-refractivity contribution in [3.63, 3.8) is 0 Å². The van der Waals surface area contributed by atoms with Crippen molar-refractivity contribution in [3.05, 3.63) is 16.1 Å². The van der Waals surface area contributed by atoms with E-state index in [0.717, 1.165) is 30.1 Å². The van der Waals surface area contributed by atoms with Crippen LogP contribution in [0.4, 0.5) is 0 Å². The molecule has 1 aromatic rings. The third kappa shape index (κ3) is 2.60. The second-order valence-corrected chi connectivity index (χ2v) is 7.30. The molecule has 1 aliphatic carbocycles. The Balaban J connectivity index is 1.41. The lowest BCUT2D eigenvalue weighted by molar-refractivity contribution is -0.134. The minimum Gasteiger partial charge on any atom is -0.379 e. The molecule has 5 nitrogen and oxygen atoms in total. The number of likely N-dealkylation sites (tertiary alicyclic amines) is 1. The summed E-state index contributed by atoms with van der Waals surface area (Å²) in [6.07, 6.45) is 2.19. The molecule has 1 saturated carbocycles. The van der Waals surface area contributed by atoms with Crippen LogP contribution in [0.15, 0.2) is 5.38 Å². The first-order valence-electron chi connectivity index (χ1n) is 7.63. The summed E-state index contributed by atoms with van der Waals surface area (Å²) in [4.78, 5) is 18.8. The van der Waals surface area contributed by atoms with Crippen molar-refractivity contribution >= 4 is 17.2 Å². The zero-order valence-electron chi connectivity index (χ0n) is 12.2. The van der Waals surface area contributed by atoms with Gasteiger partial charge in [-0.15, -0.1) is 11.3 Å². The predicted molar refractivity (Wildman–Crippen MR) is 78.0 cm³/mol. The number of carbonyl (C=O) groups excluding carboxylic acids is 1. The summed E-state index contributed by atoms with van der Waals surface area (Å²) in [7, 11) is 0. The van der Waals surface area contributed by atoms with Crippen LogP contribution in [0, 0.1) is 18.8 Å². The molecule has 0 bridgehead atoms. The van der Waals surface area contributed by atoms with Crippen molar-refractivity contribution in [3.8, 4) is 0 Å². The molecule has 21 heavy (non-hydrogen) atoms. The number of rotatable bonds is 4. The van der Waals surface area contributed by atoms with Crippen molar-refractivity contribution < 1.29 is 14.3 Å². The van der Waals surface area contributed by atoms with Crippen LogP contribution in [-0.2, 0) is 20.9 Å². The lowest BCUT2D eigenvalue weighted by atomic mass is 10.0. The number of aromatic nitrogens is 1. The van der Waals surface area contributed by atoms with Crippen LogP contribution in [0.1, 0.15) is 23.5 Å². The van der Waals surface area contributed by atoms with Gasteiger partial charge in [0.25, 0.3) is 0 Å². The van der Waals surface area contributed by atoms with Crippen molar-refractivity contribution in [2.45, 2.75) is 38.5 Å². The molecular formula is C15H20N2O3S. The average molecular weight is 308 g/mol. The Morgan fingerprint density at radius 1 is 1.52 bits per heavy atom. The first-order valence-corrected chi connectivity index (χ1v) is 8.51. The normalized spacial score (nSPS) is 31.7. The average Bonchev–Trinajstić information content (AvgIpc) is 2.91. The predicted octanol–water partition coefficient (Wildman–Crippen LogP) is 1.60. The first kappa shape index (κ1) is 13.7. The van der Waals surface area contributed by atoms with E-state index in [0.29, 0.717) is 31.6 Å². The van der Waals surface area contributed by atoms with Crippen LogP contribution in [0.25, 0.3) is 0 Å². The molecule has 0 aromatic carbocycles. The van der Waals surface area contributed by atoms with E-state index in [1.807, 2.05) is 17.2 Å². The minimum atomic E-state index is 0.0854. The molecule has 0 radical (unpaired) electrons. The fourth-order valence-corrected chi connectivity index (χ4v) is 3.96. The van der Waals surface area contributed by atoms with Crippen LogP contribution in [0.2, 0.25) is 0 Å². The Morgan fingerprint density at radius 2 is 2.38 bits per heavy atom. The molecule has 0 N–H and O–H groups in total.